The molecule has 4 aromatic rings. The molecule has 6 heteroatoms. The summed E-state index contributed by atoms with van der Waals surface area (Å²) in [4.78, 5) is 21.1. The Morgan fingerprint density at radius 1 is 0.964 bits per heavy atom. The molecule has 2 N–H and O–H groups in total. The number of rotatable bonds is 4. The van der Waals surface area contributed by atoms with Gasteiger partial charge >= 0.3 is 0 Å². The van der Waals surface area contributed by atoms with Crippen molar-refractivity contribution in [2.24, 2.45) is 0 Å². The molecule has 2 aromatic heterocycles. The number of nitriles is 1. The van der Waals surface area contributed by atoms with Crippen molar-refractivity contribution in [1.82, 2.24) is 9.97 Å². The van der Waals surface area contributed by atoms with E-state index >= 15 is 0 Å². The van der Waals surface area contributed by atoms with E-state index in [2.05, 4.69) is 26.7 Å². The van der Waals surface area contributed by atoms with Crippen LogP contribution >= 0.6 is 0 Å². The van der Waals surface area contributed by atoms with Crippen LogP contribution in [0.1, 0.15) is 15.9 Å². The van der Waals surface area contributed by atoms with Crippen molar-refractivity contribution in [3.8, 4) is 6.07 Å². The Morgan fingerprint density at radius 2 is 1.82 bits per heavy atom. The number of amides is 1. The van der Waals surface area contributed by atoms with Crippen LogP contribution in [0.15, 0.2) is 79.3 Å². The van der Waals surface area contributed by atoms with Crippen molar-refractivity contribution in [2.75, 3.05) is 10.6 Å². The summed E-state index contributed by atoms with van der Waals surface area (Å²) in [5, 5.41) is 16.1. The molecule has 28 heavy (non-hydrogen) atoms. The zero-order valence-electron chi connectivity index (χ0n) is 14.8. The maximum Gasteiger partial charge on any atom is 0.257 e. The summed E-state index contributed by atoms with van der Waals surface area (Å²) >= 11 is 0. The molecule has 0 aliphatic heterocycles. The highest BCUT2D eigenvalue weighted by molar-refractivity contribution is 6.04. The van der Waals surface area contributed by atoms with E-state index in [-0.39, 0.29) is 5.91 Å². The minimum absolute atomic E-state index is 0.303. The Labute approximate surface area is 161 Å². The van der Waals surface area contributed by atoms with Crippen molar-refractivity contribution in [3.05, 3.63) is 90.4 Å². The minimum atomic E-state index is -0.303. The fourth-order valence-electron chi connectivity index (χ4n) is 2.86. The third-order valence-corrected chi connectivity index (χ3v) is 4.16. The lowest BCUT2D eigenvalue weighted by atomic mass is 10.1. The van der Waals surface area contributed by atoms with Crippen LogP contribution < -0.4 is 10.6 Å². The van der Waals surface area contributed by atoms with Crippen molar-refractivity contribution in [3.63, 3.8) is 0 Å². The Kier molecular flexibility index (Phi) is 4.64. The summed E-state index contributed by atoms with van der Waals surface area (Å²) in [5.41, 5.74) is 3.79. The molecule has 134 valence electrons. The molecule has 4 rings (SSSR count). The molecule has 0 aliphatic rings. The van der Waals surface area contributed by atoms with Crippen molar-refractivity contribution >= 4 is 33.9 Å². The number of nitrogens with zero attached hydrogens (tertiary/aromatic N) is 3. The van der Waals surface area contributed by atoms with E-state index in [1.165, 1.54) is 6.20 Å². The topological polar surface area (TPSA) is 90.7 Å². The molecule has 0 aliphatic carbocycles. The summed E-state index contributed by atoms with van der Waals surface area (Å²) in [7, 11) is 0. The molecule has 0 saturated carbocycles. The molecule has 0 fully saturated rings. The second-order valence-electron chi connectivity index (χ2n) is 6.11. The zero-order valence-corrected chi connectivity index (χ0v) is 14.8. The van der Waals surface area contributed by atoms with E-state index in [1.807, 2.05) is 30.3 Å². The van der Waals surface area contributed by atoms with Crippen LogP contribution in [0.3, 0.4) is 0 Å². The first-order valence-corrected chi connectivity index (χ1v) is 8.60. The fraction of sp³-hybridized carbons (Fsp3) is 0. The maximum absolute atomic E-state index is 12.6. The molecule has 2 aromatic carbocycles. The molecular weight excluding hydrogens is 350 g/mol. The van der Waals surface area contributed by atoms with Gasteiger partial charge in [0.05, 0.1) is 40.3 Å². The molecule has 0 unspecified atom stereocenters. The molecule has 1 amide bonds. The molecule has 0 atom stereocenters. The van der Waals surface area contributed by atoms with E-state index in [4.69, 9.17) is 5.26 Å². The first-order valence-electron chi connectivity index (χ1n) is 8.60. The largest absolute Gasteiger partial charge is 0.352 e. The van der Waals surface area contributed by atoms with Crippen LogP contribution in [0, 0.1) is 11.3 Å². The van der Waals surface area contributed by atoms with E-state index < -0.39 is 0 Å². The number of nitrogens with one attached hydrogen (secondary N) is 2. The minimum Gasteiger partial charge on any atom is -0.352 e. The number of carbonyl (C=O) groups excluding carboxylic acids is 1. The van der Waals surface area contributed by atoms with Crippen LogP contribution in [0.25, 0.3) is 10.9 Å². The first kappa shape index (κ1) is 17.2. The van der Waals surface area contributed by atoms with Gasteiger partial charge in [-0.15, -0.1) is 0 Å². The Morgan fingerprint density at radius 3 is 2.71 bits per heavy atom. The van der Waals surface area contributed by atoms with Gasteiger partial charge in [0.15, 0.2) is 0 Å². The van der Waals surface area contributed by atoms with Gasteiger partial charge in [0.25, 0.3) is 5.91 Å². The Bertz CT molecular complexity index is 1210. The third kappa shape index (κ3) is 3.64. The summed E-state index contributed by atoms with van der Waals surface area (Å²) in [5.74, 6) is -0.303. The third-order valence-electron chi connectivity index (χ3n) is 4.16. The second kappa shape index (κ2) is 7.56. The summed E-state index contributed by atoms with van der Waals surface area (Å²) < 4.78 is 0. The molecule has 0 bridgehead atoms. The molecule has 0 saturated heterocycles. The predicted octanol–water partition coefficient (Wildman–Crippen LogP) is 4.50. The lowest BCUT2D eigenvalue weighted by Crippen LogP contribution is -2.12. The van der Waals surface area contributed by atoms with Gasteiger partial charge in [0.2, 0.25) is 0 Å². The zero-order chi connectivity index (χ0) is 19.3. The summed E-state index contributed by atoms with van der Waals surface area (Å²) in [6.07, 6.45) is 4.88. The van der Waals surface area contributed by atoms with Gasteiger partial charge in [-0.2, -0.15) is 5.26 Å². The van der Waals surface area contributed by atoms with Gasteiger partial charge in [0.1, 0.15) is 0 Å². The lowest BCUT2D eigenvalue weighted by molar-refractivity contribution is 0.102. The quantitative estimate of drug-likeness (QED) is 0.556. The number of carbonyl (C=O) groups is 1. The van der Waals surface area contributed by atoms with Gasteiger partial charge in [-0.05, 0) is 36.4 Å². The second-order valence-corrected chi connectivity index (χ2v) is 6.11. The molecule has 6 nitrogen and oxygen atoms in total. The standard InChI is InChI=1S/C22H15N5O/c23-12-15-4-1-7-18(10-15)27-22(28)17-11-19(14-24-13-17)26-20-8-2-5-16-6-3-9-25-21(16)20/h1-11,13-14,26H,(H,27,28). The van der Waals surface area contributed by atoms with Crippen LogP contribution in [0.5, 0.6) is 0 Å². The van der Waals surface area contributed by atoms with E-state index in [1.54, 1.807) is 42.7 Å². The molecule has 2 heterocycles. The number of anilines is 3. The number of hydrogen-bond acceptors (Lipinski definition) is 5. The average molecular weight is 365 g/mol. The number of fused-ring (bicyclic) bond motifs is 1. The van der Waals surface area contributed by atoms with Crippen molar-refractivity contribution in [2.45, 2.75) is 0 Å². The molecular formula is C22H15N5O. The van der Waals surface area contributed by atoms with Crippen LogP contribution in [0.4, 0.5) is 17.1 Å². The number of hydrogen-bond donors (Lipinski definition) is 2. The van der Waals surface area contributed by atoms with Gasteiger partial charge in [-0.3, -0.25) is 14.8 Å². The van der Waals surface area contributed by atoms with Crippen molar-refractivity contribution in [1.29, 1.82) is 5.26 Å². The van der Waals surface area contributed by atoms with Gasteiger partial charge in [-0.25, -0.2) is 0 Å². The average Bonchev–Trinajstić information content (AvgIpc) is 2.74. The van der Waals surface area contributed by atoms with Gasteiger partial charge in [0, 0.05) is 23.5 Å². The Hall–Kier alpha value is -4.24. The van der Waals surface area contributed by atoms with Gasteiger partial charge in [-0.1, -0.05) is 24.3 Å². The highest BCUT2D eigenvalue weighted by atomic mass is 16.1. The van der Waals surface area contributed by atoms with E-state index in [9.17, 15) is 4.79 Å². The lowest BCUT2D eigenvalue weighted by Gasteiger charge is -2.10. The van der Waals surface area contributed by atoms with Crippen LogP contribution in [-0.4, -0.2) is 15.9 Å². The highest BCUT2D eigenvalue weighted by Crippen LogP contribution is 2.24. The summed E-state index contributed by atoms with van der Waals surface area (Å²) in [6, 6.07) is 20.3. The molecule has 0 radical (unpaired) electrons. The number of pyridine rings is 2. The maximum atomic E-state index is 12.6. The van der Waals surface area contributed by atoms with E-state index in [0.29, 0.717) is 22.5 Å². The normalized spacial score (nSPS) is 10.2. The summed E-state index contributed by atoms with van der Waals surface area (Å²) in [6.45, 7) is 0. The Balaban J connectivity index is 1.57. The number of para-hydroxylation sites is 1. The van der Waals surface area contributed by atoms with E-state index in [0.717, 1.165) is 16.6 Å². The molecule has 0 spiro atoms. The monoisotopic (exact) mass is 365 g/mol. The van der Waals surface area contributed by atoms with Crippen molar-refractivity contribution < 1.29 is 4.79 Å². The first-order chi connectivity index (χ1) is 13.7. The highest BCUT2D eigenvalue weighted by Gasteiger charge is 2.09. The number of aromatic nitrogens is 2. The fourth-order valence-corrected chi connectivity index (χ4v) is 2.86. The predicted molar refractivity (Wildman–Crippen MR) is 108 cm³/mol. The van der Waals surface area contributed by atoms with Crippen LogP contribution in [-0.2, 0) is 0 Å². The SMILES string of the molecule is N#Cc1cccc(NC(=O)c2cncc(Nc3cccc4cccnc34)c2)c1. The van der Waals surface area contributed by atoms with Gasteiger partial charge < -0.3 is 10.6 Å². The smallest absolute Gasteiger partial charge is 0.257 e. The van der Waals surface area contributed by atoms with Crippen LogP contribution in [0.2, 0.25) is 0 Å². The number of benzene rings is 2.